The number of nitrogens with one attached hydrogen (secondary N) is 1. The Kier molecular flexibility index (Phi) is 4.37. The largest absolute Gasteiger partial charge is 0.305 e. The van der Waals surface area contributed by atoms with Gasteiger partial charge in [0, 0.05) is 21.9 Å². The van der Waals surface area contributed by atoms with Crippen LogP contribution in [0.3, 0.4) is 0 Å². The van der Waals surface area contributed by atoms with Crippen molar-refractivity contribution < 1.29 is 0 Å². The number of aryl methyl sites for hydroxylation is 1. The monoisotopic (exact) mass is 309 g/mol. The molecule has 1 N–H and O–H groups in total. The summed E-state index contributed by atoms with van der Waals surface area (Å²) >= 11 is 5.27. The minimum atomic E-state index is 0.415. The molecule has 3 heteroatoms. The second kappa shape index (κ2) is 5.80. The second-order valence-corrected chi connectivity index (χ2v) is 6.06. The minimum Gasteiger partial charge on any atom is -0.305 e. The number of hydrogen-bond donors (Lipinski definition) is 1. The lowest BCUT2D eigenvalue weighted by Gasteiger charge is -2.13. The van der Waals surface area contributed by atoms with E-state index in [-0.39, 0.29) is 0 Å². The van der Waals surface area contributed by atoms with E-state index in [2.05, 4.69) is 70.8 Å². The van der Waals surface area contributed by atoms with Crippen LogP contribution in [0.1, 0.15) is 29.0 Å². The van der Waals surface area contributed by atoms with Gasteiger partial charge in [-0.15, -0.1) is 11.3 Å². The molecule has 0 aliphatic rings. The summed E-state index contributed by atoms with van der Waals surface area (Å²) in [6, 6.07) is 11.0. The Morgan fingerprint density at radius 3 is 2.53 bits per heavy atom. The molecule has 1 aromatic heterocycles. The molecule has 0 saturated carbocycles. The van der Waals surface area contributed by atoms with Crippen LogP contribution < -0.4 is 5.32 Å². The molecule has 1 unspecified atom stereocenters. The quantitative estimate of drug-likeness (QED) is 0.865. The first kappa shape index (κ1) is 12.8. The predicted octanol–water partition coefficient (Wildman–Crippen LogP) is 4.67. The number of thiophene rings is 1. The Hall–Kier alpha value is -0.640. The Balaban J connectivity index is 1.94. The van der Waals surface area contributed by atoms with E-state index >= 15 is 0 Å². The van der Waals surface area contributed by atoms with Crippen LogP contribution in [0.5, 0.6) is 0 Å². The Bertz CT molecular complexity index is 475. The fourth-order valence-electron chi connectivity index (χ4n) is 1.79. The zero-order chi connectivity index (χ0) is 12.3. The van der Waals surface area contributed by atoms with E-state index in [1.807, 2.05) is 11.3 Å². The van der Waals surface area contributed by atoms with Crippen LogP contribution in [0, 0.1) is 6.92 Å². The third kappa shape index (κ3) is 3.41. The maximum Gasteiger partial charge on any atom is 0.0391 e. The van der Waals surface area contributed by atoms with Gasteiger partial charge >= 0.3 is 0 Å². The summed E-state index contributed by atoms with van der Waals surface area (Å²) in [4.78, 5) is 1.43. The van der Waals surface area contributed by atoms with Crippen molar-refractivity contribution in [2.75, 3.05) is 0 Å². The average Bonchev–Trinajstić information content (AvgIpc) is 2.74. The molecule has 17 heavy (non-hydrogen) atoms. The fraction of sp³-hybridized carbons (Fsp3) is 0.286. The molecule has 0 spiro atoms. The highest BCUT2D eigenvalue weighted by Gasteiger charge is 2.08. The molecule has 1 nitrogen and oxygen atoms in total. The zero-order valence-electron chi connectivity index (χ0n) is 10.0. The summed E-state index contributed by atoms with van der Waals surface area (Å²) in [6.07, 6.45) is 0. The van der Waals surface area contributed by atoms with Crippen molar-refractivity contribution in [2.24, 2.45) is 0 Å². The molecule has 0 fully saturated rings. The van der Waals surface area contributed by atoms with Gasteiger partial charge in [-0.2, -0.15) is 0 Å². The molecule has 1 atom stereocenters. The summed E-state index contributed by atoms with van der Waals surface area (Å²) in [5.74, 6) is 0. The summed E-state index contributed by atoms with van der Waals surface area (Å²) in [6.45, 7) is 5.30. The van der Waals surface area contributed by atoms with Crippen LogP contribution in [-0.2, 0) is 6.54 Å². The van der Waals surface area contributed by atoms with E-state index in [9.17, 15) is 0 Å². The highest BCUT2D eigenvalue weighted by atomic mass is 79.9. The maximum atomic E-state index is 3.56. The lowest BCUT2D eigenvalue weighted by molar-refractivity contribution is 0.581. The van der Waals surface area contributed by atoms with E-state index in [0.717, 1.165) is 11.0 Å². The number of halogens is 1. The van der Waals surface area contributed by atoms with Gasteiger partial charge in [0.1, 0.15) is 0 Å². The van der Waals surface area contributed by atoms with E-state index in [1.165, 1.54) is 16.0 Å². The minimum absolute atomic E-state index is 0.415. The topological polar surface area (TPSA) is 12.0 Å². The Morgan fingerprint density at radius 2 is 1.94 bits per heavy atom. The van der Waals surface area contributed by atoms with Crippen molar-refractivity contribution in [3.8, 4) is 0 Å². The van der Waals surface area contributed by atoms with Crippen molar-refractivity contribution >= 4 is 27.3 Å². The van der Waals surface area contributed by atoms with Crippen LogP contribution in [0.2, 0.25) is 0 Å². The summed E-state index contributed by atoms with van der Waals surface area (Å²) in [5, 5.41) is 5.71. The van der Waals surface area contributed by atoms with Crippen molar-refractivity contribution in [3.63, 3.8) is 0 Å². The van der Waals surface area contributed by atoms with Gasteiger partial charge in [0.2, 0.25) is 0 Å². The smallest absolute Gasteiger partial charge is 0.0391 e. The maximum absolute atomic E-state index is 3.56. The number of rotatable bonds is 4. The molecule has 2 aromatic rings. The van der Waals surface area contributed by atoms with Gasteiger partial charge in [-0.25, -0.2) is 0 Å². The number of hydrogen-bond acceptors (Lipinski definition) is 2. The molecule has 0 aliphatic heterocycles. The van der Waals surface area contributed by atoms with Crippen molar-refractivity contribution in [3.05, 3.63) is 56.2 Å². The molecule has 1 aromatic carbocycles. The van der Waals surface area contributed by atoms with Gasteiger partial charge in [0.15, 0.2) is 0 Å². The SMILES string of the molecule is Cc1ccsc1C(C)NCc1ccc(Br)cc1. The highest BCUT2D eigenvalue weighted by molar-refractivity contribution is 9.10. The van der Waals surface area contributed by atoms with Crippen molar-refractivity contribution in [1.82, 2.24) is 5.32 Å². The number of benzene rings is 1. The van der Waals surface area contributed by atoms with Crippen LogP contribution in [-0.4, -0.2) is 0 Å². The first-order valence-corrected chi connectivity index (χ1v) is 7.36. The summed E-state index contributed by atoms with van der Waals surface area (Å²) < 4.78 is 1.13. The third-order valence-electron chi connectivity index (χ3n) is 2.82. The zero-order valence-corrected chi connectivity index (χ0v) is 12.4. The van der Waals surface area contributed by atoms with Gasteiger partial charge in [0.05, 0.1) is 0 Å². The Labute approximate surface area is 115 Å². The normalized spacial score (nSPS) is 12.6. The van der Waals surface area contributed by atoms with Crippen LogP contribution >= 0.6 is 27.3 Å². The fourth-order valence-corrected chi connectivity index (χ4v) is 3.02. The van der Waals surface area contributed by atoms with Crippen molar-refractivity contribution in [1.29, 1.82) is 0 Å². The Morgan fingerprint density at radius 1 is 1.24 bits per heavy atom. The predicted molar refractivity (Wildman–Crippen MR) is 78.5 cm³/mol. The highest BCUT2D eigenvalue weighted by Crippen LogP contribution is 2.23. The molecule has 0 radical (unpaired) electrons. The van der Waals surface area contributed by atoms with Crippen LogP contribution in [0.4, 0.5) is 0 Å². The van der Waals surface area contributed by atoms with E-state index in [0.29, 0.717) is 6.04 Å². The molecule has 0 aliphatic carbocycles. The molecule has 1 heterocycles. The third-order valence-corrected chi connectivity index (χ3v) is 4.55. The molecule has 0 amide bonds. The lowest BCUT2D eigenvalue weighted by Crippen LogP contribution is -2.17. The molecular weight excluding hydrogens is 294 g/mol. The van der Waals surface area contributed by atoms with Gasteiger partial charge in [-0.3, -0.25) is 0 Å². The molecule has 90 valence electrons. The van der Waals surface area contributed by atoms with Gasteiger partial charge in [-0.1, -0.05) is 28.1 Å². The van der Waals surface area contributed by atoms with E-state index in [1.54, 1.807) is 0 Å². The molecular formula is C14H16BrNS. The first-order chi connectivity index (χ1) is 8.16. The van der Waals surface area contributed by atoms with E-state index in [4.69, 9.17) is 0 Å². The summed E-state index contributed by atoms with van der Waals surface area (Å²) in [5.41, 5.74) is 2.69. The van der Waals surface area contributed by atoms with E-state index < -0.39 is 0 Å². The standard InChI is InChI=1S/C14H16BrNS/c1-10-7-8-17-14(10)11(2)16-9-12-3-5-13(15)6-4-12/h3-8,11,16H,9H2,1-2H3. The van der Waals surface area contributed by atoms with Crippen LogP contribution in [0.25, 0.3) is 0 Å². The first-order valence-electron chi connectivity index (χ1n) is 5.68. The average molecular weight is 310 g/mol. The van der Waals surface area contributed by atoms with Gasteiger partial charge in [-0.05, 0) is 48.6 Å². The molecule has 0 bridgehead atoms. The molecule has 2 rings (SSSR count). The van der Waals surface area contributed by atoms with Crippen molar-refractivity contribution in [2.45, 2.75) is 26.4 Å². The molecule has 0 saturated heterocycles. The van der Waals surface area contributed by atoms with Gasteiger partial charge in [0.25, 0.3) is 0 Å². The van der Waals surface area contributed by atoms with Gasteiger partial charge < -0.3 is 5.32 Å². The lowest BCUT2D eigenvalue weighted by atomic mass is 10.1. The second-order valence-electron chi connectivity index (χ2n) is 4.20. The van der Waals surface area contributed by atoms with Crippen LogP contribution in [0.15, 0.2) is 40.2 Å². The summed E-state index contributed by atoms with van der Waals surface area (Å²) in [7, 11) is 0.